The summed E-state index contributed by atoms with van der Waals surface area (Å²) in [6, 6.07) is 12.8. The van der Waals surface area contributed by atoms with Crippen molar-refractivity contribution >= 4 is 27.4 Å². The van der Waals surface area contributed by atoms with Crippen molar-refractivity contribution in [3.63, 3.8) is 0 Å². The van der Waals surface area contributed by atoms with Gasteiger partial charge in [-0.1, -0.05) is 37.3 Å². The van der Waals surface area contributed by atoms with Crippen molar-refractivity contribution in [1.29, 1.82) is 0 Å². The number of rotatable bonds is 2. The molecule has 3 nitrogen and oxygen atoms in total. The van der Waals surface area contributed by atoms with E-state index in [-0.39, 0.29) is 0 Å². The monoisotopic (exact) mass is 309 g/mol. The molecule has 22 heavy (non-hydrogen) atoms. The molecule has 0 N–H and O–H groups in total. The van der Waals surface area contributed by atoms with Crippen LogP contribution in [0.15, 0.2) is 42.7 Å². The van der Waals surface area contributed by atoms with E-state index in [2.05, 4.69) is 58.2 Å². The lowest BCUT2D eigenvalue weighted by Crippen LogP contribution is -2.34. The number of hydrogen-bond acceptors (Lipinski definition) is 4. The van der Waals surface area contributed by atoms with E-state index in [4.69, 9.17) is 0 Å². The van der Waals surface area contributed by atoms with Gasteiger partial charge >= 0.3 is 0 Å². The lowest BCUT2D eigenvalue weighted by atomic mass is 10.0. The summed E-state index contributed by atoms with van der Waals surface area (Å²) in [6.45, 7) is 4.53. The van der Waals surface area contributed by atoms with E-state index in [0.717, 1.165) is 29.7 Å². The summed E-state index contributed by atoms with van der Waals surface area (Å²) < 4.78 is 0. The fourth-order valence-electron chi connectivity index (χ4n) is 3.22. The second-order valence-electron chi connectivity index (χ2n) is 6.09. The zero-order valence-electron chi connectivity index (χ0n) is 12.7. The highest BCUT2D eigenvalue weighted by Crippen LogP contribution is 2.36. The number of thiophene rings is 1. The molecular weight excluding hydrogens is 290 g/mol. The molecule has 1 aliphatic rings. The van der Waals surface area contributed by atoms with Crippen LogP contribution >= 0.6 is 11.3 Å². The molecule has 4 rings (SSSR count). The molecule has 1 fully saturated rings. The van der Waals surface area contributed by atoms with E-state index in [1.807, 2.05) is 0 Å². The molecule has 1 atom stereocenters. The maximum atomic E-state index is 4.59. The Bertz CT molecular complexity index is 781. The third-order valence-electron chi connectivity index (χ3n) is 4.32. The number of fused-ring (bicyclic) bond motifs is 1. The molecular formula is C18H19N3S. The predicted molar refractivity (Wildman–Crippen MR) is 93.5 cm³/mol. The van der Waals surface area contributed by atoms with Crippen molar-refractivity contribution in [3.8, 4) is 10.4 Å². The maximum absolute atomic E-state index is 4.59. The second-order valence-corrected chi connectivity index (χ2v) is 7.12. The van der Waals surface area contributed by atoms with Crippen molar-refractivity contribution in [2.24, 2.45) is 5.92 Å². The first-order valence-corrected chi connectivity index (χ1v) is 8.68. The lowest BCUT2D eigenvalue weighted by molar-refractivity contribution is 0.445. The van der Waals surface area contributed by atoms with E-state index >= 15 is 0 Å². The van der Waals surface area contributed by atoms with Crippen LogP contribution in [0.1, 0.15) is 19.8 Å². The Labute approximate surface area is 134 Å². The highest BCUT2D eigenvalue weighted by atomic mass is 32.1. The number of hydrogen-bond donors (Lipinski definition) is 0. The van der Waals surface area contributed by atoms with Gasteiger partial charge < -0.3 is 4.90 Å². The molecule has 1 aromatic carbocycles. The molecule has 0 amide bonds. The van der Waals surface area contributed by atoms with Gasteiger partial charge in [-0.05, 0) is 30.4 Å². The first-order chi connectivity index (χ1) is 10.8. The number of aromatic nitrogens is 2. The SMILES string of the molecule is C[C@H]1CCCN(c2ncnc3sc(-c4ccccc4)cc23)C1. The van der Waals surface area contributed by atoms with Crippen molar-refractivity contribution in [2.75, 3.05) is 18.0 Å². The molecule has 0 spiro atoms. The van der Waals surface area contributed by atoms with Crippen LogP contribution < -0.4 is 4.90 Å². The summed E-state index contributed by atoms with van der Waals surface area (Å²) in [4.78, 5) is 13.9. The first kappa shape index (κ1) is 13.7. The van der Waals surface area contributed by atoms with Crippen molar-refractivity contribution in [1.82, 2.24) is 9.97 Å². The largest absolute Gasteiger partial charge is 0.356 e. The second kappa shape index (κ2) is 5.69. The Kier molecular flexibility index (Phi) is 3.54. The molecule has 3 aromatic rings. The molecule has 0 saturated carbocycles. The Morgan fingerprint density at radius 1 is 1.18 bits per heavy atom. The summed E-state index contributed by atoms with van der Waals surface area (Å²) in [5.41, 5.74) is 1.25. The van der Waals surface area contributed by atoms with Crippen LogP contribution in [-0.2, 0) is 0 Å². The molecule has 0 bridgehead atoms. The van der Waals surface area contributed by atoms with Gasteiger partial charge in [-0.2, -0.15) is 0 Å². The minimum Gasteiger partial charge on any atom is -0.356 e. The van der Waals surface area contributed by atoms with Gasteiger partial charge in [0.1, 0.15) is 17.0 Å². The summed E-state index contributed by atoms with van der Waals surface area (Å²) >= 11 is 1.75. The smallest absolute Gasteiger partial charge is 0.140 e. The molecule has 3 heterocycles. The van der Waals surface area contributed by atoms with Crippen LogP contribution in [0.25, 0.3) is 20.7 Å². The van der Waals surface area contributed by atoms with E-state index in [1.165, 1.54) is 28.7 Å². The standard InChI is InChI=1S/C18H19N3S/c1-13-6-5-9-21(11-13)17-15-10-16(14-7-3-2-4-8-14)22-18(15)20-12-19-17/h2-4,7-8,10,12-13H,5-6,9,11H2,1H3/t13-/m0/s1. The molecule has 4 heteroatoms. The fourth-order valence-corrected chi connectivity index (χ4v) is 4.22. The van der Waals surface area contributed by atoms with Crippen molar-refractivity contribution in [3.05, 3.63) is 42.7 Å². The van der Waals surface area contributed by atoms with E-state index < -0.39 is 0 Å². The summed E-state index contributed by atoms with van der Waals surface area (Å²) in [5, 5.41) is 1.19. The number of anilines is 1. The number of benzene rings is 1. The topological polar surface area (TPSA) is 29.0 Å². The maximum Gasteiger partial charge on any atom is 0.140 e. The van der Waals surface area contributed by atoms with Gasteiger partial charge in [0, 0.05) is 18.0 Å². The molecule has 1 aliphatic heterocycles. The highest BCUT2D eigenvalue weighted by molar-refractivity contribution is 7.21. The van der Waals surface area contributed by atoms with E-state index in [9.17, 15) is 0 Å². The van der Waals surface area contributed by atoms with Gasteiger partial charge in [0.25, 0.3) is 0 Å². The summed E-state index contributed by atoms with van der Waals surface area (Å²) in [5.74, 6) is 1.85. The van der Waals surface area contributed by atoms with Gasteiger partial charge in [0.15, 0.2) is 0 Å². The average Bonchev–Trinajstić information content (AvgIpc) is 3.00. The highest BCUT2D eigenvalue weighted by Gasteiger charge is 2.20. The van der Waals surface area contributed by atoms with Gasteiger partial charge in [-0.3, -0.25) is 0 Å². The van der Waals surface area contributed by atoms with Crippen molar-refractivity contribution in [2.45, 2.75) is 19.8 Å². The van der Waals surface area contributed by atoms with E-state index in [0.29, 0.717) is 0 Å². The zero-order chi connectivity index (χ0) is 14.9. The summed E-state index contributed by atoms with van der Waals surface area (Å²) in [7, 11) is 0. The van der Waals surface area contributed by atoms with Crippen LogP contribution in [0.2, 0.25) is 0 Å². The van der Waals surface area contributed by atoms with Gasteiger partial charge in [-0.25, -0.2) is 9.97 Å². The molecule has 2 aromatic heterocycles. The minimum atomic E-state index is 0.742. The van der Waals surface area contributed by atoms with Crippen LogP contribution in [0.4, 0.5) is 5.82 Å². The van der Waals surface area contributed by atoms with Gasteiger partial charge in [-0.15, -0.1) is 11.3 Å². The lowest BCUT2D eigenvalue weighted by Gasteiger charge is -2.32. The Balaban J connectivity index is 1.78. The van der Waals surface area contributed by atoms with Crippen LogP contribution in [0.3, 0.4) is 0 Å². The molecule has 0 radical (unpaired) electrons. The molecule has 0 unspecified atom stereocenters. The van der Waals surface area contributed by atoms with Crippen LogP contribution in [-0.4, -0.2) is 23.1 Å². The fraction of sp³-hybridized carbons (Fsp3) is 0.333. The first-order valence-electron chi connectivity index (χ1n) is 7.86. The summed E-state index contributed by atoms with van der Waals surface area (Å²) in [6.07, 6.45) is 4.29. The average molecular weight is 309 g/mol. The third-order valence-corrected chi connectivity index (χ3v) is 5.42. The van der Waals surface area contributed by atoms with Gasteiger partial charge in [0.2, 0.25) is 0 Å². The van der Waals surface area contributed by atoms with Crippen LogP contribution in [0.5, 0.6) is 0 Å². The molecule has 0 aliphatic carbocycles. The van der Waals surface area contributed by atoms with E-state index in [1.54, 1.807) is 17.7 Å². The minimum absolute atomic E-state index is 0.742. The quantitative estimate of drug-likeness (QED) is 0.693. The number of nitrogens with zero attached hydrogens (tertiary/aromatic N) is 3. The predicted octanol–water partition coefficient (Wildman–Crippen LogP) is 4.59. The Morgan fingerprint density at radius 2 is 2.05 bits per heavy atom. The third kappa shape index (κ3) is 2.48. The zero-order valence-corrected chi connectivity index (χ0v) is 13.5. The Morgan fingerprint density at radius 3 is 2.86 bits per heavy atom. The van der Waals surface area contributed by atoms with Crippen molar-refractivity contribution < 1.29 is 0 Å². The normalized spacial score (nSPS) is 18.8. The molecule has 1 saturated heterocycles. The Hall–Kier alpha value is -1.94. The van der Waals surface area contributed by atoms with Gasteiger partial charge in [0.05, 0.1) is 5.39 Å². The van der Waals surface area contributed by atoms with Crippen LogP contribution in [0, 0.1) is 5.92 Å². The number of piperidine rings is 1. The molecule has 112 valence electrons.